The van der Waals surface area contributed by atoms with Gasteiger partial charge in [-0.25, -0.2) is 14.3 Å². The first kappa shape index (κ1) is 12.0. The maximum absolute atomic E-state index is 12.2. The molecular formula is C14H9N3O3. The van der Waals surface area contributed by atoms with Crippen molar-refractivity contribution in [3.05, 3.63) is 75.2 Å². The van der Waals surface area contributed by atoms with E-state index >= 15 is 0 Å². The second kappa shape index (κ2) is 4.58. The molecule has 0 aliphatic rings. The molecule has 2 aromatic heterocycles. The average Bonchev–Trinajstić information content (AvgIpc) is 2.46. The van der Waals surface area contributed by atoms with E-state index in [1.807, 2.05) is 23.2 Å². The number of carbonyl (C=O) groups is 1. The first-order valence-corrected chi connectivity index (χ1v) is 5.88. The summed E-state index contributed by atoms with van der Waals surface area (Å²) in [5.74, 6) is -0.586. The highest BCUT2D eigenvalue weighted by atomic mass is 16.2. The van der Waals surface area contributed by atoms with Crippen LogP contribution >= 0.6 is 0 Å². The van der Waals surface area contributed by atoms with E-state index in [-0.39, 0.29) is 5.69 Å². The number of nitrogens with one attached hydrogen (secondary N) is 1. The van der Waals surface area contributed by atoms with Crippen LogP contribution in [0.5, 0.6) is 0 Å². The lowest BCUT2D eigenvalue weighted by Crippen LogP contribution is -2.33. The van der Waals surface area contributed by atoms with Gasteiger partial charge in [-0.05, 0) is 12.1 Å². The van der Waals surface area contributed by atoms with E-state index in [9.17, 15) is 14.4 Å². The molecule has 3 rings (SSSR count). The molecule has 0 aliphatic carbocycles. The molecule has 0 radical (unpaired) electrons. The van der Waals surface area contributed by atoms with Gasteiger partial charge >= 0.3 is 5.69 Å². The first-order chi connectivity index (χ1) is 9.65. The minimum Gasteiger partial charge on any atom is -0.274 e. The summed E-state index contributed by atoms with van der Waals surface area (Å²) in [4.78, 5) is 41.0. The molecule has 1 aromatic carbocycles. The predicted octanol–water partition coefficient (Wildman–Crippen LogP) is 0.773. The van der Waals surface area contributed by atoms with Gasteiger partial charge in [0.15, 0.2) is 0 Å². The van der Waals surface area contributed by atoms with Crippen LogP contribution in [-0.4, -0.2) is 20.4 Å². The normalized spacial score (nSPS) is 10.6. The Kier molecular flexibility index (Phi) is 2.76. The van der Waals surface area contributed by atoms with Gasteiger partial charge in [0, 0.05) is 17.6 Å². The third-order valence-electron chi connectivity index (χ3n) is 2.86. The van der Waals surface area contributed by atoms with Gasteiger partial charge in [0.25, 0.3) is 11.5 Å². The highest BCUT2D eigenvalue weighted by molar-refractivity contribution is 5.96. The molecule has 20 heavy (non-hydrogen) atoms. The highest BCUT2D eigenvalue weighted by Gasteiger charge is 2.12. The van der Waals surface area contributed by atoms with Crippen molar-refractivity contribution in [2.75, 3.05) is 0 Å². The van der Waals surface area contributed by atoms with Gasteiger partial charge in [-0.3, -0.25) is 14.6 Å². The summed E-state index contributed by atoms with van der Waals surface area (Å²) in [6.45, 7) is 0. The number of carbonyl (C=O) groups excluding carboxylic acids is 1. The largest absolute Gasteiger partial charge is 0.335 e. The van der Waals surface area contributed by atoms with Crippen molar-refractivity contribution < 1.29 is 4.79 Å². The molecule has 0 atom stereocenters. The van der Waals surface area contributed by atoms with Crippen LogP contribution in [0.15, 0.2) is 58.3 Å². The Labute approximate surface area is 112 Å². The summed E-state index contributed by atoms with van der Waals surface area (Å²) in [7, 11) is 0. The lowest BCUT2D eigenvalue weighted by atomic mass is 10.2. The van der Waals surface area contributed by atoms with Crippen LogP contribution in [0, 0.1) is 0 Å². The Morgan fingerprint density at radius 1 is 1.05 bits per heavy atom. The molecule has 2 heterocycles. The number of fused-ring (bicyclic) bond motifs is 1. The lowest BCUT2D eigenvalue weighted by Gasteiger charge is -2.04. The molecule has 6 heteroatoms. The molecular weight excluding hydrogens is 258 g/mol. The average molecular weight is 267 g/mol. The summed E-state index contributed by atoms with van der Waals surface area (Å²) in [5.41, 5.74) is -0.531. The first-order valence-electron chi connectivity index (χ1n) is 5.88. The maximum atomic E-state index is 12.2. The van der Waals surface area contributed by atoms with Crippen LogP contribution in [0.1, 0.15) is 10.5 Å². The van der Waals surface area contributed by atoms with Crippen LogP contribution in [-0.2, 0) is 0 Å². The molecule has 0 amide bonds. The number of aromatic amines is 1. The van der Waals surface area contributed by atoms with Crippen LogP contribution in [0.2, 0.25) is 0 Å². The van der Waals surface area contributed by atoms with E-state index in [0.717, 1.165) is 22.2 Å². The molecule has 0 aliphatic heterocycles. The number of nitrogens with zero attached hydrogens (tertiary/aromatic N) is 2. The minimum atomic E-state index is -0.780. The smallest absolute Gasteiger partial charge is 0.274 e. The number of aromatic nitrogens is 3. The molecule has 0 spiro atoms. The molecule has 6 nitrogen and oxygen atoms in total. The number of para-hydroxylation sites is 1. The van der Waals surface area contributed by atoms with Crippen molar-refractivity contribution in [1.82, 2.24) is 14.5 Å². The van der Waals surface area contributed by atoms with Gasteiger partial charge in [0.05, 0.1) is 5.52 Å². The van der Waals surface area contributed by atoms with Gasteiger partial charge in [0.1, 0.15) is 5.69 Å². The van der Waals surface area contributed by atoms with E-state index in [1.54, 1.807) is 18.2 Å². The van der Waals surface area contributed by atoms with Gasteiger partial charge in [-0.1, -0.05) is 24.3 Å². The number of H-pyrrole nitrogens is 1. The summed E-state index contributed by atoms with van der Waals surface area (Å²) < 4.78 is 0.818. The monoisotopic (exact) mass is 267 g/mol. The molecule has 98 valence electrons. The molecule has 0 unspecified atom stereocenters. The molecule has 0 fully saturated rings. The molecule has 0 saturated heterocycles. The minimum absolute atomic E-state index is 0.137. The Morgan fingerprint density at radius 2 is 1.85 bits per heavy atom. The summed E-state index contributed by atoms with van der Waals surface area (Å²) >= 11 is 0. The molecule has 1 N–H and O–H groups in total. The fraction of sp³-hybridized carbons (Fsp3) is 0. The summed E-state index contributed by atoms with van der Waals surface area (Å²) in [5, 5.41) is 0.901. The van der Waals surface area contributed by atoms with Crippen molar-refractivity contribution in [2.45, 2.75) is 0 Å². The van der Waals surface area contributed by atoms with E-state index in [4.69, 9.17) is 0 Å². The topological polar surface area (TPSA) is 84.8 Å². The number of hydrogen-bond acceptors (Lipinski definition) is 4. The third-order valence-corrected chi connectivity index (χ3v) is 2.86. The van der Waals surface area contributed by atoms with Crippen molar-refractivity contribution in [3.8, 4) is 0 Å². The predicted molar refractivity (Wildman–Crippen MR) is 72.8 cm³/mol. The number of benzene rings is 1. The van der Waals surface area contributed by atoms with E-state index in [2.05, 4.69) is 4.98 Å². The zero-order chi connectivity index (χ0) is 14.1. The van der Waals surface area contributed by atoms with Crippen LogP contribution in [0.4, 0.5) is 0 Å². The second-order valence-electron chi connectivity index (χ2n) is 4.17. The fourth-order valence-corrected chi connectivity index (χ4v) is 1.89. The SMILES string of the molecule is O=C(c1ccc2ccccc2n1)n1ccc(=O)[nH]c1=O. The Morgan fingerprint density at radius 3 is 2.65 bits per heavy atom. The summed E-state index contributed by atoms with van der Waals surface area (Å²) in [6, 6.07) is 11.8. The lowest BCUT2D eigenvalue weighted by molar-refractivity contribution is 0.0949. The van der Waals surface area contributed by atoms with E-state index in [1.165, 1.54) is 0 Å². The number of rotatable bonds is 1. The Bertz CT molecular complexity index is 924. The van der Waals surface area contributed by atoms with Crippen molar-refractivity contribution in [3.63, 3.8) is 0 Å². The standard InChI is InChI=1S/C14H9N3O3/c18-12-7-8-17(14(20)16-12)13(19)11-6-5-9-3-1-2-4-10(9)15-11/h1-8H,(H,16,18,20). The maximum Gasteiger partial charge on any atom is 0.335 e. The zero-order valence-electron chi connectivity index (χ0n) is 10.2. The van der Waals surface area contributed by atoms with Gasteiger partial charge in [-0.2, -0.15) is 0 Å². The number of pyridine rings is 1. The quantitative estimate of drug-likeness (QED) is 0.705. The zero-order valence-corrected chi connectivity index (χ0v) is 10.2. The Balaban J connectivity index is 2.12. The van der Waals surface area contributed by atoms with Crippen LogP contribution in [0.3, 0.4) is 0 Å². The van der Waals surface area contributed by atoms with Crippen molar-refractivity contribution in [2.24, 2.45) is 0 Å². The third kappa shape index (κ3) is 2.03. The van der Waals surface area contributed by atoms with Crippen molar-refractivity contribution in [1.29, 1.82) is 0 Å². The highest BCUT2D eigenvalue weighted by Crippen LogP contribution is 2.12. The molecule has 0 saturated carbocycles. The Hall–Kier alpha value is -3.02. The fourth-order valence-electron chi connectivity index (χ4n) is 1.89. The second-order valence-corrected chi connectivity index (χ2v) is 4.17. The van der Waals surface area contributed by atoms with E-state index < -0.39 is 17.2 Å². The number of hydrogen-bond donors (Lipinski definition) is 1. The summed E-state index contributed by atoms with van der Waals surface area (Å²) in [6.07, 6.45) is 1.14. The van der Waals surface area contributed by atoms with Crippen LogP contribution < -0.4 is 11.2 Å². The van der Waals surface area contributed by atoms with Gasteiger partial charge in [0.2, 0.25) is 0 Å². The van der Waals surface area contributed by atoms with Crippen molar-refractivity contribution >= 4 is 16.8 Å². The van der Waals surface area contributed by atoms with Crippen LogP contribution in [0.25, 0.3) is 10.9 Å². The van der Waals surface area contributed by atoms with Gasteiger partial charge < -0.3 is 0 Å². The van der Waals surface area contributed by atoms with E-state index in [0.29, 0.717) is 5.52 Å². The van der Waals surface area contributed by atoms with Gasteiger partial charge in [-0.15, -0.1) is 0 Å². The molecule has 0 bridgehead atoms. The molecule has 3 aromatic rings.